The molecule has 60 heavy (non-hydrogen) atoms. The van der Waals surface area contributed by atoms with Crippen LogP contribution < -0.4 is 16.1 Å². The zero-order valence-corrected chi connectivity index (χ0v) is 35.2. The molecule has 6 N–H and O–H groups in total. The van der Waals surface area contributed by atoms with Crippen LogP contribution in [0.2, 0.25) is 0 Å². The van der Waals surface area contributed by atoms with Gasteiger partial charge in [0.15, 0.2) is 0 Å². The van der Waals surface area contributed by atoms with Gasteiger partial charge in [0, 0.05) is 37.9 Å². The maximum absolute atomic E-state index is 14.6. The molecule has 2 aromatic carbocycles. The summed E-state index contributed by atoms with van der Waals surface area (Å²) in [5.74, 6) is -1.06. The first-order chi connectivity index (χ1) is 28.4. The molecule has 0 radical (unpaired) electrons. The number of nitrogens with one attached hydrogen (secondary N) is 3. The lowest BCUT2D eigenvalue weighted by Crippen LogP contribution is -2.61. The molecule has 0 bridgehead atoms. The summed E-state index contributed by atoms with van der Waals surface area (Å²) in [4.78, 5) is 66.1. The zero-order chi connectivity index (χ0) is 43.6. The second-order valence-corrected chi connectivity index (χ2v) is 17.3. The van der Waals surface area contributed by atoms with Gasteiger partial charge in [0.25, 0.3) is 5.91 Å². The van der Waals surface area contributed by atoms with Crippen molar-refractivity contribution in [2.75, 3.05) is 19.6 Å². The number of pyridine rings is 2. The Morgan fingerprint density at radius 2 is 1.48 bits per heavy atom. The van der Waals surface area contributed by atoms with Crippen molar-refractivity contribution in [1.29, 1.82) is 0 Å². The molecule has 0 unspecified atom stereocenters. The van der Waals surface area contributed by atoms with Crippen molar-refractivity contribution in [1.82, 2.24) is 40.8 Å². The van der Waals surface area contributed by atoms with Crippen molar-refractivity contribution in [3.63, 3.8) is 0 Å². The molecule has 1 aliphatic heterocycles. The second-order valence-electron chi connectivity index (χ2n) is 17.3. The van der Waals surface area contributed by atoms with E-state index in [1.807, 2.05) is 93.6 Å². The first kappa shape index (κ1) is 45.2. The smallest absolute Gasteiger partial charge is 0.405 e. The summed E-state index contributed by atoms with van der Waals surface area (Å²) in [7, 11) is 0. The number of aromatic nitrogens is 2. The van der Waals surface area contributed by atoms with Crippen LogP contribution in [0.5, 0.6) is 0 Å². The monoisotopic (exact) mass is 822 g/mol. The number of aliphatic hydroxyl groups is 2. The highest BCUT2D eigenvalue weighted by Crippen LogP contribution is 2.29. The molecule has 5 rings (SSSR count). The summed E-state index contributed by atoms with van der Waals surface area (Å²) in [6.07, 6.45) is -0.682. The van der Waals surface area contributed by atoms with E-state index in [4.69, 9.17) is 0 Å². The van der Waals surface area contributed by atoms with Gasteiger partial charge in [-0.05, 0) is 52.6 Å². The number of hydrogen-bond acceptors (Lipinski definition) is 9. The standard InChI is InChI=1S/C45H58N8O7/c1-44(2,3)38(49-42(58)59)40(56)50-52(26-31-18-20-32(21-19-31)35-17-10-11-22-46-35)28-37(55)36(25-30-13-8-7-9-14-30)48-41(57)39(45(4,5)6)53-24-23-51(43(53)60)27-33-15-12-16-34(29-54)47-33/h7-22,36-39,49,54-55H,23-29H2,1-6H3,(H,48,57)(H,50,56)(H,58,59)/t36-,37-,38+,39+/m0/s1. The van der Waals surface area contributed by atoms with E-state index in [-0.39, 0.29) is 45.2 Å². The predicted octanol–water partition coefficient (Wildman–Crippen LogP) is 4.59. The van der Waals surface area contributed by atoms with Gasteiger partial charge in [0.05, 0.1) is 42.4 Å². The molecular formula is C45H58N8O7. The molecule has 0 saturated carbocycles. The molecule has 0 spiro atoms. The maximum Gasteiger partial charge on any atom is 0.405 e. The summed E-state index contributed by atoms with van der Waals surface area (Å²) in [6.45, 7) is 11.5. The van der Waals surface area contributed by atoms with Gasteiger partial charge in [0.1, 0.15) is 12.1 Å². The Hall–Kier alpha value is -5.90. The fourth-order valence-electron chi connectivity index (χ4n) is 7.36. The van der Waals surface area contributed by atoms with Gasteiger partial charge in [-0.3, -0.25) is 25.0 Å². The van der Waals surface area contributed by atoms with Crippen LogP contribution >= 0.6 is 0 Å². The summed E-state index contributed by atoms with van der Waals surface area (Å²) < 4.78 is 0. The van der Waals surface area contributed by atoms with E-state index < -0.39 is 53.0 Å². The lowest BCUT2D eigenvalue weighted by molar-refractivity contribution is -0.133. The minimum Gasteiger partial charge on any atom is -0.465 e. The molecule has 0 aliphatic carbocycles. The molecule has 15 nitrogen and oxygen atoms in total. The van der Waals surface area contributed by atoms with Crippen molar-refractivity contribution in [3.8, 4) is 11.3 Å². The van der Waals surface area contributed by atoms with Gasteiger partial charge in [-0.15, -0.1) is 0 Å². The summed E-state index contributed by atoms with van der Waals surface area (Å²) in [6, 6.07) is 24.6. The van der Waals surface area contributed by atoms with Gasteiger partial charge in [-0.25, -0.2) is 14.6 Å². The lowest BCUT2D eigenvalue weighted by Gasteiger charge is -2.38. The predicted molar refractivity (Wildman–Crippen MR) is 227 cm³/mol. The van der Waals surface area contributed by atoms with E-state index in [9.17, 15) is 34.5 Å². The molecule has 4 atom stereocenters. The number of amides is 5. The molecule has 3 heterocycles. The molecule has 2 aromatic heterocycles. The summed E-state index contributed by atoms with van der Waals surface area (Å²) in [5, 5.41) is 38.2. The number of benzene rings is 2. The van der Waals surface area contributed by atoms with Crippen LogP contribution in [-0.4, -0.2) is 108 Å². The van der Waals surface area contributed by atoms with Crippen LogP contribution in [0.3, 0.4) is 0 Å². The van der Waals surface area contributed by atoms with Crippen LogP contribution in [0, 0.1) is 10.8 Å². The average molecular weight is 823 g/mol. The Labute approximate surface area is 351 Å². The van der Waals surface area contributed by atoms with Crippen molar-refractivity contribution >= 4 is 23.9 Å². The fourth-order valence-corrected chi connectivity index (χ4v) is 7.36. The molecule has 320 valence electrons. The highest BCUT2D eigenvalue weighted by Gasteiger charge is 2.44. The number of urea groups is 1. The second kappa shape index (κ2) is 19.9. The van der Waals surface area contributed by atoms with E-state index >= 15 is 0 Å². The van der Waals surface area contributed by atoms with Gasteiger partial charge in [-0.1, -0.05) is 108 Å². The highest BCUT2D eigenvalue weighted by atomic mass is 16.4. The van der Waals surface area contributed by atoms with E-state index in [0.29, 0.717) is 17.9 Å². The lowest BCUT2D eigenvalue weighted by atomic mass is 9.84. The van der Waals surface area contributed by atoms with Crippen LogP contribution in [0.25, 0.3) is 11.3 Å². The largest absolute Gasteiger partial charge is 0.465 e. The van der Waals surface area contributed by atoms with Crippen molar-refractivity contribution in [2.45, 2.75) is 91.9 Å². The Morgan fingerprint density at radius 3 is 2.10 bits per heavy atom. The Balaban J connectivity index is 1.41. The molecule has 5 amide bonds. The first-order valence-electron chi connectivity index (χ1n) is 20.1. The molecule has 1 saturated heterocycles. The number of aliphatic hydroxyl groups excluding tert-OH is 2. The number of carboxylic acid groups (broad SMARTS) is 1. The Kier molecular flexibility index (Phi) is 15.0. The summed E-state index contributed by atoms with van der Waals surface area (Å²) >= 11 is 0. The minimum absolute atomic E-state index is 0.125. The zero-order valence-electron chi connectivity index (χ0n) is 35.2. The SMILES string of the molecule is CC(C)(C)[C@H](NC(=O)O)C(=O)NN(Cc1ccc(-c2ccccn2)cc1)C[C@H](O)[C@H](Cc1ccccc1)NC(=O)[C@@H](N1CCN(Cc2cccc(CO)n2)C1=O)C(C)(C)C. The van der Waals surface area contributed by atoms with E-state index in [1.165, 1.54) is 5.01 Å². The topological polar surface area (TPSA) is 201 Å². The normalized spacial score (nSPS) is 15.3. The Bertz CT molecular complexity index is 2060. The highest BCUT2D eigenvalue weighted by molar-refractivity contribution is 5.89. The van der Waals surface area contributed by atoms with Gasteiger partial charge < -0.3 is 35.8 Å². The van der Waals surface area contributed by atoms with Crippen LogP contribution in [0.15, 0.2) is 97.2 Å². The molecule has 15 heteroatoms. The first-order valence-corrected chi connectivity index (χ1v) is 20.1. The van der Waals surface area contributed by atoms with Crippen LogP contribution in [-0.2, 0) is 35.7 Å². The maximum atomic E-state index is 14.6. The minimum atomic E-state index is -1.35. The molecule has 1 fully saturated rings. The van der Waals surface area contributed by atoms with Crippen molar-refractivity contribution < 1.29 is 34.5 Å². The number of carbonyl (C=O) groups is 4. The molecular weight excluding hydrogens is 765 g/mol. The van der Waals surface area contributed by atoms with Crippen molar-refractivity contribution in [2.24, 2.45) is 10.8 Å². The number of rotatable bonds is 17. The van der Waals surface area contributed by atoms with Crippen LogP contribution in [0.4, 0.5) is 9.59 Å². The van der Waals surface area contributed by atoms with Gasteiger partial charge in [-0.2, -0.15) is 0 Å². The average Bonchev–Trinajstić information content (AvgIpc) is 3.54. The van der Waals surface area contributed by atoms with Crippen molar-refractivity contribution in [3.05, 3.63) is 120 Å². The summed E-state index contributed by atoms with van der Waals surface area (Å²) in [5.41, 5.74) is 5.77. The van der Waals surface area contributed by atoms with E-state index in [2.05, 4.69) is 26.0 Å². The quantitative estimate of drug-likeness (QED) is 0.0819. The van der Waals surface area contributed by atoms with Gasteiger partial charge >= 0.3 is 12.1 Å². The number of nitrogens with zero attached hydrogens (tertiary/aromatic N) is 5. The third kappa shape index (κ3) is 12.3. The Morgan fingerprint density at radius 1 is 0.800 bits per heavy atom. The third-order valence-electron chi connectivity index (χ3n) is 10.3. The number of hydrogen-bond donors (Lipinski definition) is 6. The van der Waals surface area contributed by atoms with E-state index in [1.54, 1.807) is 55.0 Å². The van der Waals surface area contributed by atoms with Gasteiger partial charge in [0.2, 0.25) is 5.91 Å². The number of hydrazine groups is 1. The molecule has 1 aliphatic rings. The molecule has 4 aromatic rings. The number of carbonyl (C=O) groups excluding carboxylic acids is 3. The van der Waals surface area contributed by atoms with Crippen LogP contribution in [0.1, 0.15) is 64.1 Å². The third-order valence-corrected chi connectivity index (χ3v) is 10.3. The fraction of sp³-hybridized carbons (Fsp3) is 0.422. The van der Waals surface area contributed by atoms with E-state index in [0.717, 1.165) is 22.4 Å².